The SMILES string of the molecule is Cc1oc2cc3oc(=O)c(CC(=O)N(C)CC(=O)N4CCN(C)CC4)c(C)c3cc2c1C. The van der Waals surface area contributed by atoms with E-state index in [-0.39, 0.29) is 24.8 Å². The Morgan fingerprint density at radius 3 is 2.28 bits per heavy atom. The van der Waals surface area contributed by atoms with Gasteiger partial charge in [0.15, 0.2) is 0 Å². The minimum atomic E-state index is -0.540. The number of furan rings is 1. The number of carbonyl (C=O) groups is 2. The Hall–Kier alpha value is -3.13. The van der Waals surface area contributed by atoms with E-state index in [2.05, 4.69) is 4.90 Å². The number of rotatable bonds is 4. The Morgan fingerprint density at radius 1 is 0.969 bits per heavy atom. The van der Waals surface area contributed by atoms with Crippen LogP contribution in [0.2, 0.25) is 0 Å². The molecule has 8 heteroatoms. The van der Waals surface area contributed by atoms with Crippen molar-refractivity contribution < 1.29 is 18.4 Å². The maximum absolute atomic E-state index is 12.8. The number of benzene rings is 1. The summed E-state index contributed by atoms with van der Waals surface area (Å²) in [6.45, 7) is 8.66. The van der Waals surface area contributed by atoms with Crippen molar-refractivity contribution >= 4 is 33.8 Å². The van der Waals surface area contributed by atoms with Crippen molar-refractivity contribution in [1.29, 1.82) is 0 Å². The average molecular weight is 440 g/mol. The maximum Gasteiger partial charge on any atom is 0.340 e. The Bertz CT molecular complexity index is 1260. The minimum absolute atomic E-state index is 0.00533. The lowest BCUT2D eigenvalue weighted by atomic mass is 10.0. The third kappa shape index (κ3) is 4.02. The molecule has 0 bridgehead atoms. The third-order valence-electron chi connectivity index (χ3n) is 6.56. The number of piperazine rings is 1. The third-order valence-corrected chi connectivity index (χ3v) is 6.56. The first-order chi connectivity index (χ1) is 15.2. The number of carbonyl (C=O) groups excluding carboxylic acids is 2. The van der Waals surface area contributed by atoms with Crippen LogP contribution in [0.15, 0.2) is 25.8 Å². The topological polar surface area (TPSA) is 87.2 Å². The van der Waals surface area contributed by atoms with E-state index in [4.69, 9.17) is 8.83 Å². The number of hydrogen-bond donors (Lipinski definition) is 0. The monoisotopic (exact) mass is 439 g/mol. The van der Waals surface area contributed by atoms with Gasteiger partial charge in [-0.3, -0.25) is 9.59 Å². The van der Waals surface area contributed by atoms with Gasteiger partial charge in [0.1, 0.15) is 16.9 Å². The van der Waals surface area contributed by atoms with E-state index in [1.807, 2.05) is 33.9 Å². The van der Waals surface area contributed by atoms with E-state index in [9.17, 15) is 14.4 Å². The first-order valence-electron chi connectivity index (χ1n) is 10.8. The molecule has 32 heavy (non-hydrogen) atoms. The molecular formula is C24H29N3O5. The van der Waals surface area contributed by atoms with Gasteiger partial charge in [-0.15, -0.1) is 0 Å². The standard InChI is InChI=1S/C24H29N3O5/c1-14-16(3)31-20-12-21-18(10-17(14)20)15(2)19(24(30)32-21)11-22(28)26(5)13-23(29)27-8-6-25(4)7-9-27/h10,12H,6-9,11,13H2,1-5H3. The molecule has 0 aliphatic carbocycles. The lowest BCUT2D eigenvalue weighted by Crippen LogP contribution is -2.50. The highest BCUT2D eigenvalue weighted by molar-refractivity contribution is 5.97. The maximum atomic E-state index is 12.8. The predicted molar refractivity (Wildman–Crippen MR) is 122 cm³/mol. The molecule has 1 saturated heterocycles. The molecule has 1 aliphatic heterocycles. The van der Waals surface area contributed by atoms with E-state index in [1.54, 1.807) is 18.0 Å². The molecule has 3 aromatic rings. The Kier molecular flexibility index (Phi) is 5.81. The van der Waals surface area contributed by atoms with Crippen molar-refractivity contribution in [3.8, 4) is 0 Å². The van der Waals surface area contributed by atoms with Crippen LogP contribution in [-0.2, 0) is 16.0 Å². The van der Waals surface area contributed by atoms with Gasteiger partial charge in [0.05, 0.1) is 18.5 Å². The second kappa shape index (κ2) is 8.43. The molecule has 1 aliphatic rings. The smallest absolute Gasteiger partial charge is 0.340 e. The molecule has 8 nitrogen and oxygen atoms in total. The highest BCUT2D eigenvalue weighted by Gasteiger charge is 2.23. The molecule has 4 rings (SSSR count). The average Bonchev–Trinajstić information content (AvgIpc) is 3.03. The fraction of sp³-hybridized carbons (Fsp3) is 0.458. The van der Waals surface area contributed by atoms with Gasteiger partial charge in [0.25, 0.3) is 0 Å². The molecule has 2 amide bonds. The van der Waals surface area contributed by atoms with Crippen molar-refractivity contribution in [3.05, 3.63) is 45.0 Å². The van der Waals surface area contributed by atoms with Crippen LogP contribution in [0.1, 0.15) is 22.5 Å². The van der Waals surface area contributed by atoms with Gasteiger partial charge < -0.3 is 23.5 Å². The number of aryl methyl sites for hydroxylation is 3. The molecule has 0 spiro atoms. The lowest BCUT2D eigenvalue weighted by molar-refractivity contribution is -0.140. The van der Waals surface area contributed by atoms with Crippen LogP contribution in [0.4, 0.5) is 0 Å². The van der Waals surface area contributed by atoms with Crippen molar-refractivity contribution in [3.63, 3.8) is 0 Å². The Labute approximate surface area is 186 Å². The summed E-state index contributed by atoms with van der Waals surface area (Å²) in [4.78, 5) is 43.4. The Morgan fingerprint density at radius 2 is 1.59 bits per heavy atom. The number of fused-ring (bicyclic) bond motifs is 2. The molecule has 2 aromatic heterocycles. The highest BCUT2D eigenvalue weighted by atomic mass is 16.4. The fourth-order valence-electron chi connectivity index (χ4n) is 4.16. The molecule has 170 valence electrons. The molecule has 0 atom stereocenters. The lowest BCUT2D eigenvalue weighted by Gasteiger charge is -2.33. The van der Waals surface area contributed by atoms with E-state index in [0.717, 1.165) is 35.2 Å². The predicted octanol–water partition coefficient (Wildman–Crippen LogP) is 2.24. The van der Waals surface area contributed by atoms with Gasteiger partial charge in [-0.05, 0) is 45.0 Å². The second-order valence-corrected chi connectivity index (χ2v) is 8.73. The molecule has 0 saturated carbocycles. The van der Waals surface area contributed by atoms with Crippen LogP contribution in [-0.4, -0.2) is 73.3 Å². The molecule has 3 heterocycles. The van der Waals surface area contributed by atoms with Crippen molar-refractivity contribution in [2.24, 2.45) is 0 Å². The highest BCUT2D eigenvalue weighted by Crippen LogP contribution is 2.31. The van der Waals surface area contributed by atoms with E-state index in [1.165, 1.54) is 4.90 Å². The summed E-state index contributed by atoms with van der Waals surface area (Å²) in [7, 11) is 3.62. The van der Waals surface area contributed by atoms with E-state index < -0.39 is 5.63 Å². The zero-order chi connectivity index (χ0) is 23.2. The van der Waals surface area contributed by atoms with Gasteiger partial charge in [-0.1, -0.05) is 0 Å². The molecule has 0 N–H and O–H groups in total. The molecule has 0 unspecified atom stereocenters. The fourth-order valence-corrected chi connectivity index (χ4v) is 4.16. The van der Waals surface area contributed by atoms with Gasteiger partial charge in [-0.25, -0.2) is 4.79 Å². The van der Waals surface area contributed by atoms with E-state index >= 15 is 0 Å². The molecule has 1 aromatic carbocycles. The summed E-state index contributed by atoms with van der Waals surface area (Å²) in [6, 6.07) is 3.68. The van der Waals surface area contributed by atoms with Crippen molar-refractivity contribution in [2.75, 3.05) is 46.8 Å². The van der Waals surface area contributed by atoms with Crippen LogP contribution in [0, 0.1) is 20.8 Å². The zero-order valence-electron chi connectivity index (χ0n) is 19.3. The summed E-state index contributed by atoms with van der Waals surface area (Å²) in [5.74, 6) is 0.445. The summed E-state index contributed by atoms with van der Waals surface area (Å²) < 4.78 is 11.3. The Balaban J connectivity index is 1.55. The largest absolute Gasteiger partial charge is 0.461 e. The van der Waals surface area contributed by atoms with Crippen LogP contribution in [0.25, 0.3) is 21.9 Å². The van der Waals surface area contributed by atoms with Crippen LogP contribution in [0.3, 0.4) is 0 Å². The van der Waals surface area contributed by atoms with Gasteiger partial charge >= 0.3 is 5.63 Å². The summed E-state index contributed by atoms with van der Waals surface area (Å²) in [5.41, 5.74) is 2.63. The van der Waals surface area contributed by atoms with Crippen LogP contribution < -0.4 is 5.63 Å². The van der Waals surface area contributed by atoms with Gasteiger partial charge in [0.2, 0.25) is 11.8 Å². The first-order valence-corrected chi connectivity index (χ1v) is 10.8. The quantitative estimate of drug-likeness (QED) is 0.580. The van der Waals surface area contributed by atoms with Gasteiger partial charge in [-0.2, -0.15) is 0 Å². The number of likely N-dealkylation sites (N-methyl/N-ethyl adjacent to an activating group) is 2. The van der Waals surface area contributed by atoms with Crippen molar-refractivity contribution in [1.82, 2.24) is 14.7 Å². The first kappa shape index (κ1) is 22.1. The summed E-state index contributed by atoms with van der Waals surface area (Å²) in [5, 5.41) is 1.74. The normalized spacial score (nSPS) is 15.0. The number of nitrogens with zero attached hydrogens (tertiary/aromatic N) is 3. The second-order valence-electron chi connectivity index (χ2n) is 8.73. The van der Waals surface area contributed by atoms with Crippen LogP contribution >= 0.6 is 0 Å². The van der Waals surface area contributed by atoms with Crippen molar-refractivity contribution in [2.45, 2.75) is 27.2 Å². The number of hydrogen-bond acceptors (Lipinski definition) is 6. The molecule has 1 fully saturated rings. The summed E-state index contributed by atoms with van der Waals surface area (Å²) in [6.07, 6.45) is -0.113. The van der Waals surface area contributed by atoms with Crippen LogP contribution in [0.5, 0.6) is 0 Å². The summed E-state index contributed by atoms with van der Waals surface area (Å²) >= 11 is 0. The minimum Gasteiger partial charge on any atom is -0.461 e. The van der Waals surface area contributed by atoms with E-state index in [0.29, 0.717) is 35.4 Å². The zero-order valence-corrected chi connectivity index (χ0v) is 19.3. The number of amides is 2. The van der Waals surface area contributed by atoms with Gasteiger partial charge in [0, 0.05) is 50.1 Å². The molecule has 0 radical (unpaired) electrons. The molecular weight excluding hydrogens is 410 g/mol.